The summed E-state index contributed by atoms with van der Waals surface area (Å²) in [6.07, 6.45) is 1.34. The van der Waals surface area contributed by atoms with E-state index in [0.717, 1.165) is 16.9 Å². The number of benzene rings is 1. The minimum Gasteiger partial charge on any atom is -0.487 e. The van der Waals surface area contributed by atoms with Crippen LogP contribution in [0.4, 0.5) is 0 Å². The number of carbonyl (C=O) groups is 1. The van der Waals surface area contributed by atoms with Crippen LogP contribution in [0.15, 0.2) is 24.4 Å². The van der Waals surface area contributed by atoms with Crippen LogP contribution in [0.5, 0.6) is 5.75 Å². The van der Waals surface area contributed by atoms with Crippen LogP contribution in [-0.2, 0) is 13.7 Å². The Kier molecular flexibility index (Phi) is 3.55. The highest BCUT2D eigenvalue weighted by molar-refractivity contribution is 5.88. The molecule has 0 saturated carbocycles. The average Bonchev–Trinajstić information content (AvgIpc) is 2.73. The van der Waals surface area contributed by atoms with Crippen LogP contribution in [0, 0.1) is 13.8 Å². The van der Waals surface area contributed by atoms with Gasteiger partial charge in [0.1, 0.15) is 17.9 Å². The van der Waals surface area contributed by atoms with Crippen LogP contribution in [0.25, 0.3) is 0 Å². The molecule has 1 heterocycles. The second kappa shape index (κ2) is 5.14. The van der Waals surface area contributed by atoms with E-state index in [1.807, 2.05) is 32.0 Å². The lowest BCUT2D eigenvalue weighted by atomic mass is 10.1. The molecule has 2 aromatic rings. The highest BCUT2D eigenvalue weighted by Crippen LogP contribution is 2.22. The fourth-order valence-corrected chi connectivity index (χ4v) is 1.84. The molecule has 5 heteroatoms. The first kappa shape index (κ1) is 13.1. The third-order valence-electron chi connectivity index (χ3n) is 3.21. The largest absolute Gasteiger partial charge is 0.487 e. The summed E-state index contributed by atoms with van der Waals surface area (Å²) in [5.41, 5.74) is 2.92. The van der Waals surface area contributed by atoms with Crippen molar-refractivity contribution >= 4 is 5.97 Å². The maximum Gasteiger partial charge on any atom is 0.339 e. The first-order chi connectivity index (χ1) is 9.00. The summed E-state index contributed by atoms with van der Waals surface area (Å²) in [6.45, 7) is 4.17. The molecule has 1 N–H and O–H groups in total. The summed E-state index contributed by atoms with van der Waals surface area (Å²) in [5, 5.41) is 13.0. The minimum absolute atomic E-state index is 0.174. The Morgan fingerprint density at radius 3 is 2.84 bits per heavy atom. The SMILES string of the molecule is Cc1cccc(OCc2c(C(=O)O)cnn2C)c1C. The van der Waals surface area contributed by atoms with Gasteiger partial charge < -0.3 is 9.84 Å². The first-order valence-electron chi connectivity index (χ1n) is 5.94. The maximum atomic E-state index is 11.1. The molecule has 100 valence electrons. The lowest BCUT2D eigenvalue weighted by Crippen LogP contribution is -2.09. The van der Waals surface area contributed by atoms with Crippen molar-refractivity contribution in [3.05, 3.63) is 46.8 Å². The van der Waals surface area contributed by atoms with Crippen molar-refractivity contribution in [1.82, 2.24) is 9.78 Å². The fraction of sp³-hybridized carbons (Fsp3) is 0.286. The number of aromatic carboxylic acids is 1. The van der Waals surface area contributed by atoms with Gasteiger partial charge in [-0.05, 0) is 31.0 Å². The summed E-state index contributed by atoms with van der Waals surface area (Å²) in [5.74, 6) is -0.231. The van der Waals surface area contributed by atoms with Gasteiger partial charge in [-0.1, -0.05) is 12.1 Å². The number of carboxylic acids is 1. The number of rotatable bonds is 4. The molecule has 0 saturated heterocycles. The lowest BCUT2D eigenvalue weighted by Gasteiger charge is -2.11. The van der Waals surface area contributed by atoms with E-state index in [0.29, 0.717) is 5.69 Å². The fourth-order valence-electron chi connectivity index (χ4n) is 1.84. The monoisotopic (exact) mass is 260 g/mol. The number of carboxylic acid groups (broad SMARTS) is 1. The average molecular weight is 260 g/mol. The number of hydrogen-bond acceptors (Lipinski definition) is 3. The normalized spacial score (nSPS) is 10.5. The molecule has 5 nitrogen and oxygen atoms in total. The third-order valence-corrected chi connectivity index (χ3v) is 3.21. The summed E-state index contributed by atoms with van der Waals surface area (Å²) in [7, 11) is 1.70. The van der Waals surface area contributed by atoms with E-state index in [4.69, 9.17) is 9.84 Å². The Hall–Kier alpha value is -2.30. The number of aromatic nitrogens is 2. The van der Waals surface area contributed by atoms with Crippen LogP contribution < -0.4 is 4.74 Å². The molecule has 0 spiro atoms. The van der Waals surface area contributed by atoms with Gasteiger partial charge in [-0.2, -0.15) is 5.10 Å². The van der Waals surface area contributed by atoms with Crippen LogP contribution in [-0.4, -0.2) is 20.9 Å². The molecule has 2 rings (SSSR count). The summed E-state index contributed by atoms with van der Waals surface area (Å²) < 4.78 is 7.23. The van der Waals surface area contributed by atoms with E-state index >= 15 is 0 Å². The molecule has 0 bridgehead atoms. The molecule has 0 unspecified atom stereocenters. The molecule has 19 heavy (non-hydrogen) atoms. The van der Waals surface area contributed by atoms with Gasteiger partial charge in [0.2, 0.25) is 0 Å². The van der Waals surface area contributed by atoms with Crippen LogP contribution in [0.2, 0.25) is 0 Å². The molecule has 0 radical (unpaired) electrons. The maximum absolute atomic E-state index is 11.1. The van der Waals surface area contributed by atoms with Gasteiger partial charge in [0.25, 0.3) is 0 Å². The van der Waals surface area contributed by atoms with E-state index in [2.05, 4.69) is 5.10 Å². The Balaban J connectivity index is 2.21. The standard InChI is InChI=1S/C14H16N2O3/c1-9-5-4-6-13(10(9)2)19-8-12-11(14(17)18)7-15-16(12)3/h4-7H,8H2,1-3H3,(H,17,18). The van der Waals surface area contributed by atoms with Crippen LogP contribution in [0.3, 0.4) is 0 Å². The van der Waals surface area contributed by atoms with E-state index in [1.54, 1.807) is 7.05 Å². The van der Waals surface area contributed by atoms with Gasteiger partial charge >= 0.3 is 5.97 Å². The molecule has 0 aliphatic rings. The van der Waals surface area contributed by atoms with E-state index < -0.39 is 5.97 Å². The lowest BCUT2D eigenvalue weighted by molar-refractivity contribution is 0.0693. The molecule has 0 amide bonds. The van der Waals surface area contributed by atoms with Crippen molar-refractivity contribution in [1.29, 1.82) is 0 Å². The predicted octanol–water partition coefficient (Wildman–Crippen LogP) is 2.31. The second-order valence-electron chi connectivity index (χ2n) is 4.42. The zero-order valence-electron chi connectivity index (χ0n) is 11.2. The van der Waals surface area contributed by atoms with E-state index in [9.17, 15) is 4.79 Å². The Morgan fingerprint density at radius 2 is 2.16 bits per heavy atom. The number of aryl methyl sites for hydroxylation is 2. The third kappa shape index (κ3) is 2.59. The van der Waals surface area contributed by atoms with Crippen molar-refractivity contribution < 1.29 is 14.6 Å². The Bertz CT molecular complexity index is 617. The molecule has 1 aromatic carbocycles. The predicted molar refractivity (Wildman–Crippen MR) is 70.4 cm³/mol. The zero-order valence-corrected chi connectivity index (χ0v) is 11.2. The topological polar surface area (TPSA) is 64.3 Å². The summed E-state index contributed by atoms with van der Waals surface area (Å²) in [4.78, 5) is 11.1. The van der Waals surface area contributed by atoms with Gasteiger partial charge in [0.05, 0.1) is 11.9 Å². The Morgan fingerprint density at radius 1 is 1.42 bits per heavy atom. The highest BCUT2D eigenvalue weighted by atomic mass is 16.5. The number of ether oxygens (including phenoxy) is 1. The van der Waals surface area contributed by atoms with Crippen LogP contribution >= 0.6 is 0 Å². The molecule has 0 atom stereocenters. The molecule has 0 aliphatic carbocycles. The first-order valence-corrected chi connectivity index (χ1v) is 5.94. The van der Waals surface area contributed by atoms with Gasteiger partial charge in [0.15, 0.2) is 0 Å². The molecular weight excluding hydrogens is 244 g/mol. The smallest absolute Gasteiger partial charge is 0.339 e. The van der Waals surface area contributed by atoms with Crippen LogP contribution in [0.1, 0.15) is 27.2 Å². The van der Waals surface area contributed by atoms with E-state index in [-0.39, 0.29) is 12.2 Å². The molecule has 0 aliphatic heterocycles. The number of hydrogen-bond donors (Lipinski definition) is 1. The van der Waals surface area contributed by atoms with Gasteiger partial charge in [-0.3, -0.25) is 4.68 Å². The zero-order chi connectivity index (χ0) is 14.0. The second-order valence-corrected chi connectivity index (χ2v) is 4.42. The molecule has 0 fully saturated rings. The van der Waals surface area contributed by atoms with Gasteiger partial charge in [-0.15, -0.1) is 0 Å². The minimum atomic E-state index is -0.993. The van der Waals surface area contributed by atoms with Crippen molar-refractivity contribution in [3.8, 4) is 5.75 Å². The van der Waals surface area contributed by atoms with Crippen molar-refractivity contribution in [2.75, 3.05) is 0 Å². The van der Waals surface area contributed by atoms with Crippen molar-refractivity contribution in [3.63, 3.8) is 0 Å². The molecule has 1 aromatic heterocycles. The quantitative estimate of drug-likeness (QED) is 0.916. The summed E-state index contributed by atoms with van der Waals surface area (Å²) >= 11 is 0. The van der Waals surface area contributed by atoms with Crippen molar-refractivity contribution in [2.24, 2.45) is 7.05 Å². The Labute approximate surface area is 111 Å². The van der Waals surface area contributed by atoms with Crippen molar-refractivity contribution in [2.45, 2.75) is 20.5 Å². The molecular formula is C14H16N2O3. The number of nitrogens with zero attached hydrogens (tertiary/aromatic N) is 2. The van der Waals surface area contributed by atoms with E-state index in [1.165, 1.54) is 10.9 Å². The highest BCUT2D eigenvalue weighted by Gasteiger charge is 2.15. The van der Waals surface area contributed by atoms with Gasteiger partial charge in [-0.25, -0.2) is 4.79 Å². The van der Waals surface area contributed by atoms with Gasteiger partial charge in [0, 0.05) is 7.05 Å². The summed E-state index contributed by atoms with van der Waals surface area (Å²) in [6, 6.07) is 5.80.